The zero-order valence-electron chi connectivity index (χ0n) is 11.1. The van der Waals surface area contributed by atoms with Gasteiger partial charge in [-0.25, -0.2) is 14.4 Å². The molecular formula is C16H17FN2. The highest BCUT2D eigenvalue weighted by molar-refractivity contribution is 5.55. The summed E-state index contributed by atoms with van der Waals surface area (Å²) in [4.78, 5) is 9.08. The number of fused-ring (bicyclic) bond motifs is 1. The zero-order chi connectivity index (χ0) is 13.2. The third kappa shape index (κ3) is 2.50. The molecule has 1 aliphatic carbocycles. The van der Waals surface area contributed by atoms with Gasteiger partial charge in [0.1, 0.15) is 5.82 Å². The van der Waals surface area contributed by atoms with E-state index in [1.165, 1.54) is 36.2 Å². The van der Waals surface area contributed by atoms with Gasteiger partial charge in [0.05, 0.1) is 0 Å². The summed E-state index contributed by atoms with van der Waals surface area (Å²) in [5, 5.41) is 0. The van der Waals surface area contributed by atoms with Crippen LogP contribution in [0, 0.1) is 11.7 Å². The van der Waals surface area contributed by atoms with Gasteiger partial charge in [0, 0.05) is 17.5 Å². The van der Waals surface area contributed by atoms with Crippen LogP contribution in [-0.2, 0) is 12.8 Å². The summed E-state index contributed by atoms with van der Waals surface area (Å²) in [7, 11) is 0. The van der Waals surface area contributed by atoms with Crippen molar-refractivity contribution in [1.29, 1.82) is 0 Å². The first kappa shape index (κ1) is 12.3. The van der Waals surface area contributed by atoms with E-state index in [2.05, 4.69) is 16.9 Å². The normalized spacial score (nSPS) is 18.1. The van der Waals surface area contributed by atoms with Crippen molar-refractivity contribution in [2.45, 2.75) is 32.6 Å². The fraction of sp³-hybridized carbons (Fsp3) is 0.375. The highest BCUT2D eigenvalue weighted by atomic mass is 19.1. The summed E-state index contributed by atoms with van der Waals surface area (Å²) in [6, 6.07) is 6.36. The van der Waals surface area contributed by atoms with Crippen molar-refractivity contribution in [3.05, 3.63) is 47.5 Å². The van der Waals surface area contributed by atoms with E-state index in [-0.39, 0.29) is 5.82 Å². The van der Waals surface area contributed by atoms with Gasteiger partial charge >= 0.3 is 0 Å². The van der Waals surface area contributed by atoms with Crippen LogP contribution in [0.1, 0.15) is 31.0 Å². The number of aryl methyl sites for hydroxylation is 1. The summed E-state index contributed by atoms with van der Waals surface area (Å²) in [6.07, 6.45) is 6.51. The summed E-state index contributed by atoms with van der Waals surface area (Å²) in [5.41, 5.74) is 3.32. The Morgan fingerprint density at radius 2 is 2.05 bits per heavy atom. The molecule has 0 saturated carbocycles. The van der Waals surface area contributed by atoms with Crippen molar-refractivity contribution < 1.29 is 4.39 Å². The van der Waals surface area contributed by atoms with Crippen LogP contribution in [0.3, 0.4) is 0 Å². The van der Waals surface area contributed by atoms with Crippen molar-refractivity contribution in [1.82, 2.24) is 9.97 Å². The lowest BCUT2D eigenvalue weighted by atomic mass is 9.86. The first-order valence-corrected chi connectivity index (χ1v) is 6.87. The van der Waals surface area contributed by atoms with Crippen LogP contribution in [0.5, 0.6) is 0 Å². The molecule has 1 aliphatic rings. The van der Waals surface area contributed by atoms with Gasteiger partial charge in [-0.15, -0.1) is 0 Å². The van der Waals surface area contributed by atoms with Gasteiger partial charge in [-0.1, -0.05) is 13.3 Å². The zero-order valence-corrected chi connectivity index (χ0v) is 11.1. The van der Waals surface area contributed by atoms with E-state index in [0.717, 1.165) is 24.3 Å². The minimum absolute atomic E-state index is 0.229. The second kappa shape index (κ2) is 5.08. The maximum absolute atomic E-state index is 12.9. The fourth-order valence-electron chi connectivity index (χ4n) is 2.67. The van der Waals surface area contributed by atoms with E-state index in [4.69, 9.17) is 0 Å². The highest BCUT2D eigenvalue weighted by Crippen LogP contribution is 2.27. The molecule has 3 heteroatoms. The van der Waals surface area contributed by atoms with Gasteiger partial charge < -0.3 is 0 Å². The van der Waals surface area contributed by atoms with Gasteiger partial charge in [-0.3, -0.25) is 0 Å². The predicted octanol–water partition coefficient (Wildman–Crippen LogP) is 3.80. The molecule has 2 aromatic rings. The molecule has 1 aromatic heterocycles. The van der Waals surface area contributed by atoms with Crippen molar-refractivity contribution in [2.75, 3.05) is 0 Å². The molecule has 0 aliphatic heterocycles. The minimum atomic E-state index is -0.229. The Kier molecular flexibility index (Phi) is 3.28. The number of hydrogen-bond acceptors (Lipinski definition) is 2. The lowest BCUT2D eigenvalue weighted by molar-refractivity contribution is 0.439. The smallest absolute Gasteiger partial charge is 0.159 e. The third-order valence-corrected chi connectivity index (χ3v) is 3.93. The van der Waals surface area contributed by atoms with Gasteiger partial charge in [0.25, 0.3) is 0 Å². The molecule has 3 rings (SSSR count). The maximum Gasteiger partial charge on any atom is 0.159 e. The lowest BCUT2D eigenvalue weighted by Gasteiger charge is -2.22. The average Bonchev–Trinajstić information content (AvgIpc) is 2.47. The molecule has 1 heterocycles. The molecule has 0 radical (unpaired) electrons. The fourth-order valence-corrected chi connectivity index (χ4v) is 2.67. The number of rotatable bonds is 2. The molecule has 0 spiro atoms. The highest BCUT2D eigenvalue weighted by Gasteiger charge is 2.19. The SMILES string of the molecule is CCC1CCc2nc(-c3ccc(F)cc3)ncc2C1. The van der Waals surface area contributed by atoms with Crippen LogP contribution < -0.4 is 0 Å². The monoisotopic (exact) mass is 256 g/mol. The van der Waals surface area contributed by atoms with E-state index in [9.17, 15) is 4.39 Å². The van der Waals surface area contributed by atoms with Crippen LogP contribution in [0.2, 0.25) is 0 Å². The van der Waals surface area contributed by atoms with Gasteiger partial charge in [-0.05, 0) is 55.0 Å². The Bertz CT molecular complexity index is 578. The standard InChI is InChI=1S/C16H17FN2/c1-2-11-3-8-15-13(9-11)10-18-16(19-15)12-4-6-14(17)7-5-12/h4-7,10-11H,2-3,8-9H2,1H3. The molecule has 0 bridgehead atoms. The number of nitrogens with zero attached hydrogens (tertiary/aromatic N) is 2. The van der Waals surface area contributed by atoms with E-state index in [1.807, 2.05) is 6.20 Å². The number of hydrogen-bond donors (Lipinski definition) is 0. The Balaban J connectivity index is 1.92. The second-order valence-electron chi connectivity index (χ2n) is 5.19. The number of aromatic nitrogens is 2. The molecule has 19 heavy (non-hydrogen) atoms. The Labute approximate surface area is 112 Å². The molecule has 0 N–H and O–H groups in total. The first-order chi connectivity index (χ1) is 9.26. The Morgan fingerprint density at radius 1 is 1.26 bits per heavy atom. The Morgan fingerprint density at radius 3 is 2.79 bits per heavy atom. The van der Waals surface area contributed by atoms with E-state index in [0.29, 0.717) is 5.82 Å². The molecule has 0 fully saturated rings. The summed E-state index contributed by atoms with van der Waals surface area (Å²) in [6.45, 7) is 2.24. The largest absolute Gasteiger partial charge is 0.236 e. The quantitative estimate of drug-likeness (QED) is 0.816. The summed E-state index contributed by atoms with van der Waals surface area (Å²) in [5.74, 6) is 1.24. The Hall–Kier alpha value is -1.77. The summed E-state index contributed by atoms with van der Waals surface area (Å²) < 4.78 is 12.9. The average molecular weight is 256 g/mol. The molecule has 2 nitrogen and oxygen atoms in total. The van der Waals surface area contributed by atoms with E-state index >= 15 is 0 Å². The van der Waals surface area contributed by atoms with Crippen LogP contribution >= 0.6 is 0 Å². The van der Waals surface area contributed by atoms with Crippen LogP contribution in [0.15, 0.2) is 30.5 Å². The summed E-state index contributed by atoms with van der Waals surface area (Å²) >= 11 is 0. The minimum Gasteiger partial charge on any atom is -0.236 e. The molecule has 1 aromatic carbocycles. The lowest BCUT2D eigenvalue weighted by Crippen LogP contribution is -2.15. The van der Waals surface area contributed by atoms with Gasteiger partial charge in [0.15, 0.2) is 5.82 Å². The van der Waals surface area contributed by atoms with Crippen molar-refractivity contribution in [3.8, 4) is 11.4 Å². The van der Waals surface area contributed by atoms with Gasteiger partial charge in [-0.2, -0.15) is 0 Å². The molecule has 1 atom stereocenters. The molecule has 98 valence electrons. The van der Waals surface area contributed by atoms with E-state index in [1.54, 1.807) is 12.1 Å². The second-order valence-corrected chi connectivity index (χ2v) is 5.19. The van der Waals surface area contributed by atoms with Crippen LogP contribution in [0.4, 0.5) is 4.39 Å². The number of halogens is 1. The molecule has 0 saturated heterocycles. The van der Waals surface area contributed by atoms with Crippen molar-refractivity contribution >= 4 is 0 Å². The van der Waals surface area contributed by atoms with Crippen LogP contribution in [0.25, 0.3) is 11.4 Å². The first-order valence-electron chi connectivity index (χ1n) is 6.87. The third-order valence-electron chi connectivity index (χ3n) is 3.93. The van der Waals surface area contributed by atoms with E-state index < -0.39 is 0 Å². The molecular weight excluding hydrogens is 239 g/mol. The maximum atomic E-state index is 12.9. The molecule has 1 unspecified atom stereocenters. The predicted molar refractivity (Wildman–Crippen MR) is 73.2 cm³/mol. The van der Waals surface area contributed by atoms with Crippen LogP contribution in [-0.4, -0.2) is 9.97 Å². The van der Waals surface area contributed by atoms with Crippen molar-refractivity contribution in [2.24, 2.45) is 5.92 Å². The van der Waals surface area contributed by atoms with Crippen molar-refractivity contribution in [3.63, 3.8) is 0 Å². The number of benzene rings is 1. The van der Waals surface area contributed by atoms with Gasteiger partial charge in [0.2, 0.25) is 0 Å². The molecule has 0 amide bonds. The topological polar surface area (TPSA) is 25.8 Å².